The highest BCUT2D eigenvalue weighted by Crippen LogP contribution is 2.33. The van der Waals surface area contributed by atoms with Crippen molar-refractivity contribution in [3.05, 3.63) is 87.7 Å². The number of hydrogen-bond acceptors (Lipinski definition) is 6. The Morgan fingerprint density at radius 1 is 1.23 bits per heavy atom. The zero-order valence-electron chi connectivity index (χ0n) is 16.9. The SMILES string of the molecule is COc1ccc(C(CC(=O)NCCc2ccccn2)c2oc(C)cc(=O)c2O)cc1. The van der Waals surface area contributed by atoms with Gasteiger partial charge in [-0.3, -0.25) is 14.6 Å². The third kappa shape index (κ3) is 5.26. The van der Waals surface area contributed by atoms with Gasteiger partial charge < -0.3 is 19.6 Å². The second-order valence-corrected chi connectivity index (χ2v) is 6.89. The number of nitrogens with zero attached hydrogens (tertiary/aromatic N) is 1. The van der Waals surface area contributed by atoms with Crippen molar-refractivity contribution in [2.24, 2.45) is 0 Å². The van der Waals surface area contributed by atoms with Crippen molar-refractivity contribution in [1.29, 1.82) is 0 Å². The van der Waals surface area contributed by atoms with Crippen LogP contribution in [-0.4, -0.2) is 29.7 Å². The maximum Gasteiger partial charge on any atom is 0.227 e. The average Bonchev–Trinajstić information content (AvgIpc) is 2.75. The normalized spacial score (nSPS) is 11.7. The Bertz CT molecular complexity index is 1050. The fourth-order valence-electron chi connectivity index (χ4n) is 3.19. The van der Waals surface area contributed by atoms with Gasteiger partial charge in [0.1, 0.15) is 11.5 Å². The molecule has 156 valence electrons. The summed E-state index contributed by atoms with van der Waals surface area (Å²) in [5.74, 6) is -0.240. The van der Waals surface area contributed by atoms with Gasteiger partial charge in [0.05, 0.1) is 13.0 Å². The number of aryl methyl sites for hydroxylation is 1. The van der Waals surface area contributed by atoms with Gasteiger partial charge in [-0.25, -0.2) is 0 Å². The van der Waals surface area contributed by atoms with Crippen LogP contribution in [0.4, 0.5) is 0 Å². The van der Waals surface area contributed by atoms with Crippen molar-refractivity contribution < 1.29 is 19.1 Å². The number of ether oxygens (including phenoxy) is 1. The molecule has 3 rings (SSSR count). The van der Waals surface area contributed by atoms with E-state index in [4.69, 9.17) is 9.15 Å². The maximum absolute atomic E-state index is 12.6. The second kappa shape index (κ2) is 9.73. The van der Waals surface area contributed by atoms with E-state index in [0.29, 0.717) is 24.5 Å². The molecule has 3 aromatic rings. The van der Waals surface area contributed by atoms with E-state index in [9.17, 15) is 14.7 Å². The van der Waals surface area contributed by atoms with Crippen molar-refractivity contribution in [2.75, 3.05) is 13.7 Å². The van der Waals surface area contributed by atoms with Crippen LogP contribution in [0, 0.1) is 6.92 Å². The second-order valence-electron chi connectivity index (χ2n) is 6.89. The van der Waals surface area contributed by atoms with Crippen LogP contribution in [0.15, 0.2) is 63.9 Å². The molecule has 2 heterocycles. The van der Waals surface area contributed by atoms with Crippen LogP contribution in [0.2, 0.25) is 0 Å². The highest BCUT2D eigenvalue weighted by atomic mass is 16.5. The molecule has 1 amide bonds. The van der Waals surface area contributed by atoms with E-state index in [-0.39, 0.29) is 18.1 Å². The van der Waals surface area contributed by atoms with E-state index in [1.54, 1.807) is 44.5 Å². The number of aromatic hydroxyl groups is 1. The summed E-state index contributed by atoms with van der Waals surface area (Å²) in [4.78, 5) is 28.9. The minimum Gasteiger partial charge on any atom is -0.502 e. The van der Waals surface area contributed by atoms with Gasteiger partial charge in [0, 0.05) is 37.3 Å². The smallest absolute Gasteiger partial charge is 0.227 e. The Morgan fingerprint density at radius 2 is 2.00 bits per heavy atom. The Kier molecular flexibility index (Phi) is 6.85. The highest BCUT2D eigenvalue weighted by Gasteiger charge is 2.25. The van der Waals surface area contributed by atoms with Crippen LogP contribution < -0.4 is 15.5 Å². The van der Waals surface area contributed by atoms with Gasteiger partial charge in [0.25, 0.3) is 0 Å². The monoisotopic (exact) mass is 408 g/mol. The fraction of sp³-hybridized carbons (Fsp3) is 0.261. The third-order valence-electron chi connectivity index (χ3n) is 4.73. The van der Waals surface area contributed by atoms with Crippen LogP contribution in [0.5, 0.6) is 11.5 Å². The Hall–Kier alpha value is -3.61. The van der Waals surface area contributed by atoms with Crippen LogP contribution >= 0.6 is 0 Å². The summed E-state index contributed by atoms with van der Waals surface area (Å²) >= 11 is 0. The number of pyridine rings is 1. The number of benzene rings is 1. The average molecular weight is 408 g/mol. The number of carbonyl (C=O) groups is 1. The molecule has 0 spiro atoms. The van der Waals surface area contributed by atoms with Crippen LogP contribution in [0.25, 0.3) is 0 Å². The Morgan fingerprint density at radius 3 is 2.67 bits per heavy atom. The third-order valence-corrected chi connectivity index (χ3v) is 4.73. The quantitative estimate of drug-likeness (QED) is 0.594. The van der Waals surface area contributed by atoms with Crippen molar-refractivity contribution in [2.45, 2.75) is 25.7 Å². The van der Waals surface area contributed by atoms with Crippen LogP contribution in [-0.2, 0) is 11.2 Å². The van der Waals surface area contributed by atoms with Crippen LogP contribution in [0.3, 0.4) is 0 Å². The molecule has 30 heavy (non-hydrogen) atoms. The van der Waals surface area contributed by atoms with Crippen molar-refractivity contribution in [1.82, 2.24) is 10.3 Å². The molecule has 0 saturated heterocycles. The predicted molar refractivity (Wildman–Crippen MR) is 112 cm³/mol. The molecule has 1 unspecified atom stereocenters. The number of aromatic nitrogens is 1. The zero-order chi connectivity index (χ0) is 21.5. The lowest BCUT2D eigenvalue weighted by molar-refractivity contribution is -0.121. The number of amides is 1. The fourth-order valence-corrected chi connectivity index (χ4v) is 3.19. The molecule has 7 heteroatoms. The van der Waals surface area contributed by atoms with E-state index in [0.717, 1.165) is 11.3 Å². The minimum absolute atomic E-state index is 0.00843. The molecule has 0 aliphatic rings. The Balaban J connectivity index is 1.80. The Labute approximate surface area is 174 Å². The van der Waals surface area contributed by atoms with Crippen molar-refractivity contribution >= 4 is 5.91 Å². The number of rotatable bonds is 8. The van der Waals surface area contributed by atoms with Gasteiger partial charge in [-0.05, 0) is 36.8 Å². The topological polar surface area (TPSA) is 102 Å². The van der Waals surface area contributed by atoms with Gasteiger partial charge in [-0.1, -0.05) is 18.2 Å². The molecular formula is C23H24N2O5. The minimum atomic E-state index is -0.627. The van der Waals surface area contributed by atoms with E-state index in [1.807, 2.05) is 18.2 Å². The lowest BCUT2D eigenvalue weighted by Gasteiger charge is -2.18. The molecule has 1 aromatic carbocycles. The van der Waals surface area contributed by atoms with Gasteiger partial charge in [0.2, 0.25) is 17.1 Å². The first-order chi connectivity index (χ1) is 14.5. The van der Waals surface area contributed by atoms with Gasteiger partial charge >= 0.3 is 0 Å². The summed E-state index contributed by atoms with van der Waals surface area (Å²) < 4.78 is 10.9. The maximum atomic E-state index is 12.6. The summed E-state index contributed by atoms with van der Waals surface area (Å²) in [6, 6.07) is 13.9. The summed E-state index contributed by atoms with van der Waals surface area (Å²) in [5, 5.41) is 13.2. The number of nitrogens with one attached hydrogen (secondary N) is 1. The molecule has 0 aliphatic heterocycles. The lowest BCUT2D eigenvalue weighted by Crippen LogP contribution is -2.28. The summed E-state index contributed by atoms with van der Waals surface area (Å²) in [6.07, 6.45) is 2.32. The number of carbonyl (C=O) groups excluding carboxylic acids is 1. The first kappa shape index (κ1) is 21.1. The van der Waals surface area contributed by atoms with E-state index in [2.05, 4.69) is 10.3 Å². The van der Waals surface area contributed by atoms with E-state index in [1.165, 1.54) is 6.07 Å². The molecule has 0 aliphatic carbocycles. The summed E-state index contributed by atoms with van der Waals surface area (Å²) in [6.45, 7) is 2.05. The summed E-state index contributed by atoms with van der Waals surface area (Å²) in [5.41, 5.74) is 1.06. The van der Waals surface area contributed by atoms with Gasteiger partial charge in [-0.15, -0.1) is 0 Å². The van der Waals surface area contributed by atoms with Crippen molar-refractivity contribution in [3.63, 3.8) is 0 Å². The van der Waals surface area contributed by atoms with Gasteiger partial charge in [0.15, 0.2) is 5.76 Å². The standard InChI is InChI=1S/C23H24N2O5/c1-15-13-20(26)22(28)23(30-15)19(16-6-8-18(29-2)9-7-16)14-21(27)25-12-10-17-5-3-4-11-24-17/h3-9,11,13,19,28H,10,12,14H2,1-2H3,(H,25,27). The predicted octanol–water partition coefficient (Wildman–Crippen LogP) is 2.94. The van der Waals surface area contributed by atoms with E-state index >= 15 is 0 Å². The molecular weight excluding hydrogens is 384 g/mol. The van der Waals surface area contributed by atoms with E-state index < -0.39 is 17.1 Å². The van der Waals surface area contributed by atoms with Crippen LogP contribution in [0.1, 0.15) is 35.1 Å². The molecule has 7 nitrogen and oxygen atoms in total. The molecule has 2 N–H and O–H groups in total. The molecule has 1 atom stereocenters. The molecule has 0 saturated carbocycles. The molecule has 2 aromatic heterocycles. The van der Waals surface area contributed by atoms with Gasteiger partial charge in [-0.2, -0.15) is 0 Å². The number of hydrogen-bond donors (Lipinski definition) is 2. The first-order valence-corrected chi connectivity index (χ1v) is 9.62. The molecule has 0 bridgehead atoms. The highest BCUT2D eigenvalue weighted by molar-refractivity contribution is 5.77. The summed E-state index contributed by atoms with van der Waals surface area (Å²) in [7, 11) is 1.56. The molecule has 0 radical (unpaired) electrons. The number of methoxy groups -OCH3 is 1. The molecule has 0 fully saturated rings. The van der Waals surface area contributed by atoms with Crippen molar-refractivity contribution in [3.8, 4) is 11.5 Å². The lowest BCUT2D eigenvalue weighted by atomic mass is 9.91. The zero-order valence-corrected chi connectivity index (χ0v) is 16.9. The first-order valence-electron chi connectivity index (χ1n) is 9.62. The largest absolute Gasteiger partial charge is 0.502 e.